The molecule has 1 aromatic heterocycles. The van der Waals surface area contributed by atoms with Crippen molar-refractivity contribution in [3.63, 3.8) is 0 Å². The van der Waals surface area contributed by atoms with Gasteiger partial charge in [0.15, 0.2) is 5.17 Å². The van der Waals surface area contributed by atoms with Crippen LogP contribution in [0.2, 0.25) is 0 Å². The molecule has 0 spiro atoms. The monoisotopic (exact) mass is 382 g/mol. The van der Waals surface area contributed by atoms with E-state index < -0.39 is 11.8 Å². The number of hydrogen-bond donors (Lipinski definition) is 0. The van der Waals surface area contributed by atoms with Gasteiger partial charge in [0.1, 0.15) is 18.1 Å². The molecule has 0 bridgehead atoms. The Morgan fingerprint density at radius 2 is 1.78 bits per heavy atom. The van der Waals surface area contributed by atoms with Gasteiger partial charge in [-0.2, -0.15) is 0 Å². The summed E-state index contributed by atoms with van der Waals surface area (Å²) < 4.78 is 5.25. The number of amidine groups is 1. The molecule has 0 radical (unpaired) electrons. The van der Waals surface area contributed by atoms with Gasteiger partial charge in [-0.3, -0.25) is 24.2 Å². The van der Waals surface area contributed by atoms with E-state index in [-0.39, 0.29) is 18.3 Å². The van der Waals surface area contributed by atoms with Crippen molar-refractivity contribution in [1.82, 2.24) is 9.80 Å². The van der Waals surface area contributed by atoms with Crippen molar-refractivity contribution in [3.05, 3.63) is 59.5 Å². The van der Waals surface area contributed by atoms with Gasteiger partial charge in [-0.25, -0.2) is 0 Å². The second-order valence-corrected chi connectivity index (χ2v) is 6.82. The van der Waals surface area contributed by atoms with Gasteiger partial charge in [-0.1, -0.05) is 23.9 Å². The normalized spacial score (nSPS) is 18.8. The predicted molar refractivity (Wildman–Crippen MR) is 99.5 cm³/mol. The molecule has 0 aliphatic carbocycles. The zero-order chi connectivity index (χ0) is 19.0. The average molecular weight is 382 g/mol. The highest BCUT2D eigenvalue weighted by Crippen LogP contribution is 2.26. The number of carbonyl (C=O) groups excluding carboxylic acids is 3. The Morgan fingerprint density at radius 3 is 2.41 bits per heavy atom. The molecule has 2 aromatic rings. The van der Waals surface area contributed by atoms with E-state index in [0.717, 1.165) is 4.90 Å². The molecular formula is C18H14N4O4S. The van der Waals surface area contributed by atoms with E-state index in [9.17, 15) is 14.4 Å². The second-order valence-electron chi connectivity index (χ2n) is 5.88. The number of carbonyl (C=O) groups is 3. The molecule has 4 rings (SSSR count). The summed E-state index contributed by atoms with van der Waals surface area (Å²) in [6, 6.07) is 10.1. The summed E-state index contributed by atoms with van der Waals surface area (Å²) in [6.45, 7) is 1.55. The maximum Gasteiger partial charge on any atom is 0.263 e. The van der Waals surface area contributed by atoms with Crippen LogP contribution in [-0.4, -0.2) is 50.8 Å². The third kappa shape index (κ3) is 3.06. The van der Waals surface area contributed by atoms with Crippen LogP contribution in [0.15, 0.2) is 57.3 Å². The van der Waals surface area contributed by atoms with Gasteiger partial charge in [-0.15, -0.1) is 10.2 Å². The lowest BCUT2D eigenvalue weighted by Gasteiger charge is -2.21. The molecule has 0 unspecified atom stereocenters. The lowest BCUT2D eigenvalue weighted by molar-refractivity contribution is -0.124. The fourth-order valence-electron chi connectivity index (χ4n) is 2.77. The van der Waals surface area contributed by atoms with Crippen LogP contribution >= 0.6 is 11.8 Å². The van der Waals surface area contributed by atoms with E-state index in [2.05, 4.69) is 10.2 Å². The molecule has 0 saturated carbocycles. The van der Waals surface area contributed by atoms with Crippen molar-refractivity contribution in [2.45, 2.75) is 6.92 Å². The molecule has 3 heterocycles. The first-order valence-corrected chi connectivity index (χ1v) is 9.09. The summed E-state index contributed by atoms with van der Waals surface area (Å²) in [6.07, 6.45) is 1.53. The smallest absolute Gasteiger partial charge is 0.263 e. The fraction of sp³-hybridized carbons (Fsp3) is 0.167. The van der Waals surface area contributed by atoms with Crippen LogP contribution in [0.1, 0.15) is 33.4 Å². The molecule has 27 heavy (non-hydrogen) atoms. The van der Waals surface area contributed by atoms with Gasteiger partial charge >= 0.3 is 0 Å². The molecule has 9 heteroatoms. The van der Waals surface area contributed by atoms with E-state index in [1.165, 1.54) is 22.9 Å². The minimum atomic E-state index is -0.421. The van der Waals surface area contributed by atoms with Crippen LogP contribution in [0, 0.1) is 0 Å². The zero-order valence-corrected chi connectivity index (χ0v) is 15.1. The largest absolute Gasteiger partial charge is 0.463 e. The molecule has 1 aromatic carbocycles. The van der Waals surface area contributed by atoms with Crippen molar-refractivity contribution < 1.29 is 18.8 Å². The number of thioether (sulfide) groups is 1. The number of fused-ring (bicyclic) bond motifs is 1. The van der Waals surface area contributed by atoms with Crippen LogP contribution in [-0.2, 0) is 4.79 Å². The van der Waals surface area contributed by atoms with E-state index in [4.69, 9.17) is 4.42 Å². The summed E-state index contributed by atoms with van der Waals surface area (Å²) in [5, 5.41) is 8.54. The van der Waals surface area contributed by atoms with Gasteiger partial charge in [0.05, 0.1) is 23.1 Å². The lowest BCUT2D eigenvalue weighted by Crippen LogP contribution is -2.43. The number of nitrogens with zero attached hydrogens (tertiary/aromatic N) is 4. The molecule has 1 fully saturated rings. The molecule has 2 aliphatic rings. The number of hydrogen-bond acceptors (Lipinski definition) is 7. The van der Waals surface area contributed by atoms with E-state index in [0.29, 0.717) is 27.8 Å². The number of benzene rings is 1. The Bertz CT molecular complexity index is 962. The van der Waals surface area contributed by atoms with Gasteiger partial charge in [-0.05, 0) is 31.2 Å². The maximum absolute atomic E-state index is 12.5. The van der Waals surface area contributed by atoms with Gasteiger partial charge in [0.2, 0.25) is 5.91 Å². The highest BCUT2D eigenvalue weighted by atomic mass is 32.2. The van der Waals surface area contributed by atoms with E-state index in [1.54, 1.807) is 43.3 Å². The second kappa shape index (κ2) is 6.84. The Kier molecular flexibility index (Phi) is 4.36. The minimum Gasteiger partial charge on any atom is -0.463 e. The van der Waals surface area contributed by atoms with Gasteiger partial charge in [0, 0.05) is 0 Å². The summed E-state index contributed by atoms with van der Waals surface area (Å²) in [7, 11) is 0. The minimum absolute atomic E-state index is 0.178. The molecule has 8 nitrogen and oxygen atoms in total. The van der Waals surface area contributed by atoms with Crippen LogP contribution in [0.25, 0.3) is 0 Å². The SMILES string of the molecule is C/C(=N\N=C1/SCC(=O)N1CN1C(=O)c2ccccc2C1=O)c1ccco1. The molecule has 3 amide bonds. The van der Waals surface area contributed by atoms with Crippen LogP contribution in [0.5, 0.6) is 0 Å². The van der Waals surface area contributed by atoms with Crippen LogP contribution in [0.4, 0.5) is 0 Å². The third-order valence-electron chi connectivity index (χ3n) is 4.18. The number of furan rings is 1. The quantitative estimate of drug-likeness (QED) is 0.459. The first-order chi connectivity index (χ1) is 13.1. The molecular weight excluding hydrogens is 368 g/mol. The highest BCUT2D eigenvalue weighted by molar-refractivity contribution is 8.15. The average Bonchev–Trinajstić information content (AvgIpc) is 3.38. The van der Waals surface area contributed by atoms with Crippen molar-refractivity contribution in [1.29, 1.82) is 0 Å². The summed E-state index contributed by atoms with van der Waals surface area (Å²) >= 11 is 1.21. The van der Waals surface area contributed by atoms with Crippen molar-refractivity contribution >= 4 is 40.4 Å². The Hall–Kier alpha value is -3.20. The van der Waals surface area contributed by atoms with E-state index >= 15 is 0 Å². The van der Waals surface area contributed by atoms with Gasteiger partial charge < -0.3 is 4.42 Å². The predicted octanol–water partition coefficient (Wildman–Crippen LogP) is 2.19. The number of amides is 3. The van der Waals surface area contributed by atoms with Crippen molar-refractivity contribution in [2.24, 2.45) is 10.2 Å². The molecule has 136 valence electrons. The Morgan fingerprint density at radius 1 is 1.07 bits per heavy atom. The number of rotatable bonds is 4. The third-order valence-corrected chi connectivity index (χ3v) is 5.13. The first kappa shape index (κ1) is 17.2. The lowest BCUT2D eigenvalue weighted by atomic mass is 10.1. The maximum atomic E-state index is 12.5. The van der Waals surface area contributed by atoms with Crippen LogP contribution < -0.4 is 0 Å². The van der Waals surface area contributed by atoms with Gasteiger partial charge in [0.25, 0.3) is 11.8 Å². The first-order valence-electron chi connectivity index (χ1n) is 8.11. The molecule has 0 N–H and O–H groups in total. The van der Waals surface area contributed by atoms with Crippen molar-refractivity contribution in [3.8, 4) is 0 Å². The zero-order valence-electron chi connectivity index (χ0n) is 14.3. The summed E-state index contributed by atoms with van der Waals surface area (Å²) in [5.74, 6) is -0.330. The standard InChI is InChI=1S/C18H14N4O4S/c1-11(14-7-4-8-26-14)19-20-18-21(15(23)9-27-18)10-22-16(24)12-5-2-3-6-13(12)17(22)25/h2-8H,9-10H2,1H3/b19-11+,20-18-. The highest BCUT2D eigenvalue weighted by Gasteiger charge is 2.39. The van der Waals surface area contributed by atoms with Crippen LogP contribution in [0.3, 0.4) is 0 Å². The Labute approximate surface area is 158 Å². The molecule has 1 saturated heterocycles. The Balaban J connectivity index is 1.57. The topological polar surface area (TPSA) is 95.5 Å². The molecule has 0 atom stereocenters. The summed E-state index contributed by atoms with van der Waals surface area (Å²) in [4.78, 5) is 39.6. The van der Waals surface area contributed by atoms with Crippen molar-refractivity contribution in [2.75, 3.05) is 12.4 Å². The summed E-state index contributed by atoms with van der Waals surface area (Å²) in [5.41, 5.74) is 1.23. The number of imide groups is 1. The fourth-order valence-corrected chi connectivity index (χ4v) is 3.59. The van der Waals surface area contributed by atoms with E-state index in [1.807, 2.05) is 0 Å². The molecule has 2 aliphatic heterocycles.